The van der Waals surface area contributed by atoms with E-state index in [1.807, 2.05) is 18.2 Å². The summed E-state index contributed by atoms with van der Waals surface area (Å²) in [6.45, 7) is 4.28. The molecule has 1 aromatic carbocycles. The van der Waals surface area contributed by atoms with Crippen LogP contribution in [-0.2, 0) is 16.0 Å². The zero-order valence-corrected chi connectivity index (χ0v) is 11.9. The summed E-state index contributed by atoms with van der Waals surface area (Å²) in [5.74, 6) is -0.189. The molecule has 0 saturated carbocycles. The van der Waals surface area contributed by atoms with Crippen LogP contribution < -0.4 is 0 Å². The van der Waals surface area contributed by atoms with Crippen molar-refractivity contribution in [2.75, 3.05) is 7.11 Å². The number of rotatable bonds is 5. The van der Waals surface area contributed by atoms with Gasteiger partial charge in [0.1, 0.15) is 0 Å². The average molecular weight is 273 g/mol. The SMILES string of the molecule is COC(=O)CCc1cc(Cl)ccc1SC(C)C. The summed E-state index contributed by atoms with van der Waals surface area (Å²) in [6, 6.07) is 5.82. The van der Waals surface area contributed by atoms with Crippen molar-refractivity contribution in [1.29, 1.82) is 0 Å². The van der Waals surface area contributed by atoms with E-state index < -0.39 is 0 Å². The number of benzene rings is 1. The highest BCUT2D eigenvalue weighted by Gasteiger charge is 2.09. The molecule has 0 unspecified atom stereocenters. The number of hydrogen-bond acceptors (Lipinski definition) is 3. The van der Waals surface area contributed by atoms with Crippen LogP contribution in [0.15, 0.2) is 23.1 Å². The Bertz CT molecular complexity index is 391. The van der Waals surface area contributed by atoms with Crippen molar-refractivity contribution in [3.63, 3.8) is 0 Å². The molecule has 0 bridgehead atoms. The van der Waals surface area contributed by atoms with Gasteiger partial charge in [0.05, 0.1) is 7.11 Å². The molecule has 0 aliphatic carbocycles. The normalized spacial score (nSPS) is 10.6. The molecule has 0 aromatic heterocycles. The summed E-state index contributed by atoms with van der Waals surface area (Å²) >= 11 is 7.76. The third-order valence-electron chi connectivity index (χ3n) is 2.21. The van der Waals surface area contributed by atoms with Crippen LogP contribution >= 0.6 is 23.4 Å². The van der Waals surface area contributed by atoms with Crippen LogP contribution in [0.25, 0.3) is 0 Å². The molecule has 0 fully saturated rings. The van der Waals surface area contributed by atoms with Crippen LogP contribution in [0.4, 0.5) is 0 Å². The molecule has 0 radical (unpaired) electrons. The van der Waals surface area contributed by atoms with Crippen LogP contribution in [0.3, 0.4) is 0 Å². The lowest BCUT2D eigenvalue weighted by molar-refractivity contribution is -0.140. The van der Waals surface area contributed by atoms with Gasteiger partial charge in [0.2, 0.25) is 0 Å². The third kappa shape index (κ3) is 5.00. The lowest BCUT2D eigenvalue weighted by Gasteiger charge is -2.11. The molecule has 2 nitrogen and oxygen atoms in total. The number of carbonyl (C=O) groups excluding carboxylic acids is 1. The highest BCUT2D eigenvalue weighted by atomic mass is 35.5. The Labute approximate surface area is 112 Å². The average Bonchev–Trinajstić information content (AvgIpc) is 2.28. The monoisotopic (exact) mass is 272 g/mol. The van der Waals surface area contributed by atoms with Crippen molar-refractivity contribution in [3.8, 4) is 0 Å². The molecular weight excluding hydrogens is 256 g/mol. The summed E-state index contributed by atoms with van der Waals surface area (Å²) < 4.78 is 4.64. The van der Waals surface area contributed by atoms with E-state index in [0.717, 1.165) is 5.56 Å². The van der Waals surface area contributed by atoms with Crippen molar-refractivity contribution in [3.05, 3.63) is 28.8 Å². The summed E-state index contributed by atoms with van der Waals surface area (Å²) in [7, 11) is 1.41. The quantitative estimate of drug-likeness (QED) is 0.600. The zero-order chi connectivity index (χ0) is 12.8. The number of thioether (sulfide) groups is 1. The summed E-state index contributed by atoms with van der Waals surface area (Å²) in [5, 5.41) is 1.21. The molecular formula is C13H17ClO2S. The molecule has 4 heteroatoms. The lowest BCUT2D eigenvalue weighted by Crippen LogP contribution is -2.03. The van der Waals surface area contributed by atoms with Gasteiger partial charge in [-0.1, -0.05) is 25.4 Å². The van der Waals surface area contributed by atoms with E-state index in [1.165, 1.54) is 12.0 Å². The maximum atomic E-state index is 11.1. The number of aryl methyl sites for hydroxylation is 1. The second kappa shape index (κ2) is 6.92. The maximum absolute atomic E-state index is 11.1. The molecule has 1 aromatic rings. The largest absolute Gasteiger partial charge is 0.469 e. The Balaban J connectivity index is 2.79. The molecule has 0 saturated heterocycles. The van der Waals surface area contributed by atoms with Gasteiger partial charge in [0.25, 0.3) is 0 Å². The van der Waals surface area contributed by atoms with Crippen molar-refractivity contribution in [2.24, 2.45) is 0 Å². The van der Waals surface area contributed by atoms with Crippen molar-refractivity contribution in [2.45, 2.75) is 36.8 Å². The predicted octanol–water partition coefficient (Wildman–Crippen LogP) is 3.95. The Kier molecular flexibility index (Phi) is 5.86. The van der Waals surface area contributed by atoms with E-state index >= 15 is 0 Å². The molecule has 1 rings (SSSR count). The molecule has 0 N–H and O–H groups in total. The van der Waals surface area contributed by atoms with Crippen LogP contribution in [0.2, 0.25) is 5.02 Å². The van der Waals surface area contributed by atoms with Gasteiger partial charge in [0.15, 0.2) is 0 Å². The van der Waals surface area contributed by atoms with Gasteiger partial charge in [-0.3, -0.25) is 4.79 Å². The van der Waals surface area contributed by atoms with Crippen LogP contribution in [0.5, 0.6) is 0 Å². The van der Waals surface area contributed by atoms with Crippen molar-refractivity contribution in [1.82, 2.24) is 0 Å². The van der Waals surface area contributed by atoms with Gasteiger partial charge in [-0.05, 0) is 30.2 Å². The Morgan fingerprint density at radius 2 is 2.18 bits per heavy atom. The highest BCUT2D eigenvalue weighted by Crippen LogP contribution is 2.29. The zero-order valence-electron chi connectivity index (χ0n) is 10.3. The molecule has 0 aliphatic heterocycles. The van der Waals surface area contributed by atoms with Gasteiger partial charge < -0.3 is 4.74 Å². The van der Waals surface area contributed by atoms with Gasteiger partial charge in [-0.15, -0.1) is 11.8 Å². The second-order valence-electron chi connectivity index (χ2n) is 3.99. The third-order valence-corrected chi connectivity index (χ3v) is 3.57. The van der Waals surface area contributed by atoms with E-state index in [9.17, 15) is 4.79 Å². The number of carbonyl (C=O) groups is 1. The number of esters is 1. The van der Waals surface area contributed by atoms with E-state index in [0.29, 0.717) is 23.1 Å². The molecule has 0 aliphatic rings. The highest BCUT2D eigenvalue weighted by molar-refractivity contribution is 8.00. The number of halogens is 1. The van der Waals surface area contributed by atoms with E-state index in [4.69, 9.17) is 11.6 Å². The summed E-state index contributed by atoms with van der Waals surface area (Å²) in [4.78, 5) is 12.3. The number of hydrogen-bond donors (Lipinski definition) is 0. The lowest BCUT2D eigenvalue weighted by atomic mass is 10.1. The number of methoxy groups -OCH3 is 1. The van der Waals surface area contributed by atoms with Crippen LogP contribution in [0, 0.1) is 0 Å². The van der Waals surface area contributed by atoms with Gasteiger partial charge in [-0.25, -0.2) is 0 Å². The fraction of sp³-hybridized carbons (Fsp3) is 0.462. The minimum absolute atomic E-state index is 0.189. The van der Waals surface area contributed by atoms with Crippen LogP contribution in [0.1, 0.15) is 25.8 Å². The van der Waals surface area contributed by atoms with Gasteiger partial charge in [-0.2, -0.15) is 0 Å². The predicted molar refractivity (Wildman–Crippen MR) is 72.8 cm³/mol. The molecule has 0 atom stereocenters. The van der Waals surface area contributed by atoms with Crippen molar-refractivity contribution < 1.29 is 9.53 Å². The summed E-state index contributed by atoms with van der Waals surface area (Å²) in [5.41, 5.74) is 1.11. The summed E-state index contributed by atoms with van der Waals surface area (Å²) in [6.07, 6.45) is 1.06. The second-order valence-corrected chi connectivity index (χ2v) is 6.05. The van der Waals surface area contributed by atoms with Gasteiger partial charge >= 0.3 is 5.97 Å². The van der Waals surface area contributed by atoms with E-state index in [1.54, 1.807) is 11.8 Å². The molecule has 0 spiro atoms. The first kappa shape index (κ1) is 14.4. The Morgan fingerprint density at radius 3 is 2.76 bits per heavy atom. The molecule has 0 heterocycles. The fourth-order valence-corrected chi connectivity index (χ4v) is 2.61. The van der Waals surface area contributed by atoms with Crippen LogP contribution in [-0.4, -0.2) is 18.3 Å². The number of ether oxygens (including phenoxy) is 1. The van der Waals surface area contributed by atoms with Gasteiger partial charge in [0, 0.05) is 21.6 Å². The van der Waals surface area contributed by atoms with E-state index in [-0.39, 0.29) is 5.97 Å². The molecule has 0 amide bonds. The van der Waals surface area contributed by atoms with E-state index in [2.05, 4.69) is 18.6 Å². The molecule has 17 heavy (non-hydrogen) atoms. The van der Waals surface area contributed by atoms with Crippen molar-refractivity contribution >= 4 is 29.3 Å². The maximum Gasteiger partial charge on any atom is 0.305 e. The fourth-order valence-electron chi connectivity index (χ4n) is 1.45. The first-order valence-electron chi connectivity index (χ1n) is 5.55. The smallest absolute Gasteiger partial charge is 0.305 e. The first-order chi connectivity index (χ1) is 8.02. The Hall–Kier alpha value is -0.670. The standard InChI is InChI=1S/C13H17ClO2S/c1-9(2)17-12-6-5-11(14)8-10(12)4-7-13(15)16-3/h5-6,8-9H,4,7H2,1-3H3. The Morgan fingerprint density at radius 1 is 1.47 bits per heavy atom. The topological polar surface area (TPSA) is 26.3 Å². The molecule has 94 valence electrons. The minimum atomic E-state index is -0.189. The first-order valence-corrected chi connectivity index (χ1v) is 6.80. The minimum Gasteiger partial charge on any atom is -0.469 e.